The molecule has 0 saturated carbocycles. The van der Waals surface area contributed by atoms with Crippen LogP contribution in [0, 0.1) is 5.82 Å². The second-order valence-corrected chi connectivity index (χ2v) is 3.63. The Balaban J connectivity index is 3.07. The van der Waals surface area contributed by atoms with E-state index in [1.165, 1.54) is 12.1 Å². The van der Waals surface area contributed by atoms with Crippen LogP contribution in [0.2, 0.25) is 0 Å². The first-order valence-electron chi connectivity index (χ1n) is 5.30. The van der Waals surface area contributed by atoms with Gasteiger partial charge >= 0.3 is 0 Å². The molecule has 0 aliphatic heterocycles. The van der Waals surface area contributed by atoms with Crippen LogP contribution in [0.25, 0.3) is 0 Å². The highest BCUT2D eigenvalue weighted by atomic mass is 19.1. The molecule has 1 aromatic rings. The van der Waals surface area contributed by atoms with Crippen molar-refractivity contribution in [3.63, 3.8) is 0 Å². The van der Waals surface area contributed by atoms with Gasteiger partial charge in [-0.2, -0.15) is 0 Å². The molecule has 0 aromatic heterocycles. The Morgan fingerprint density at radius 3 is 2.60 bits per heavy atom. The first-order chi connectivity index (χ1) is 7.18. The molecule has 1 aromatic carbocycles. The Morgan fingerprint density at radius 2 is 2.13 bits per heavy atom. The standard InChI is InChI=1S/C12H18FNO/c1-3-12(9-15,14-4-2)10-6-5-7-11(13)8-10/h5-8,14-15H,3-4,9H2,1-2H3. The molecule has 1 unspecified atom stereocenters. The van der Waals surface area contributed by atoms with Crippen LogP contribution in [0.1, 0.15) is 25.8 Å². The molecule has 15 heavy (non-hydrogen) atoms. The molecule has 1 rings (SSSR count). The summed E-state index contributed by atoms with van der Waals surface area (Å²) in [5, 5.41) is 12.7. The summed E-state index contributed by atoms with van der Waals surface area (Å²) in [5.74, 6) is -0.267. The first-order valence-corrected chi connectivity index (χ1v) is 5.30. The Morgan fingerprint density at radius 1 is 1.40 bits per heavy atom. The van der Waals surface area contributed by atoms with Crippen molar-refractivity contribution in [1.82, 2.24) is 5.32 Å². The van der Waals surface area contributed by atoms with E-state index in [4.69, 9.17) is 0 Å². The quantitative estimate of drug-likeness (QED) is 0.781. The molecule has 0 amide bonds. The molecule has 84 valence electrons. The summed E-state index contributed by atoms with van der Waals surface area (Å²) in [6.07, 6.45) is 0.723. The van der Waals surface area contributed by atoms with Crippen molar-refractivity contribution in [2.75, 3.05) is 13.2 Å². The predicted octanol–water partition coefficient (Wildman–Crippen LogP) is 2.03. The summed E-state index contributed by atoms with van der Waals surface area (Å²) in [6, 6.07) is 6.39. The minimum absolute atomic E-state index is 0.0270. The minimum Gasteiger partial charge on any atom is -0.394 e. The van der Waals surface area contributed by atoms with Crippen molar-refractivity contribution in [2.24, 2.45) is 0 Å². The summed E-state index contributed by atoms with van der Waals surface area (Å²) in [7, 11) is 0. The van der Waals surface area contributed by atoms with Crippen molar-refractivity contribution in [3.8, 4) is 0 Å². The zero-order chi connectivity index (χ0) is 11.3. The molecule has 0 spiro atoms. The Labute approximate surface area is 90.1 Å². The summed E-state index contributed by atoms with van der Waals surface area (Å²) in [6.45, 7) is 4.66. The third-order valence-electron chi connectivity index (χ3n) is 2.77. The van der Waals surface area contributed by atoms with Gasteiger partial charge in [0.1, 0.15) is 5.82 Å². The van der Waals surface area contributed by atoms with Crippen LogP contribution in [0.5, 0.6) is 0 Å². The van der Waals surface area contributed by atoms with Gasteiger partial charge in [-0.25, -0.2) is 4.39 Å². The van der Waals surface area contributed by atoms with Gasteiger partial charge in [-0.15, -0.1) is 0 Å². The highest BCUT2D eigenvalue weighted by Gasteiger charge is 2.28. The fourth-order valence-electron chi connectivity index (χ4n) is 1.81. The lowest BCUT2D eigenvalue weighted by Gasteiger charge is -2.32. The van der Waals surface area contributed by atoms with Gasteiger partial charge in [0, 0.05) is 0 Å². The van der Waals surface area contributed by atoms with Gasteiger partial charge in [0.2, 0.25) is 0 Å². The molecule has 1 atom stereocenters. The summed E-state index contributed by atoms with van der Waals surface area (Å²) in [4.78, 5) is 0. The molecule has 0 radical (unpaired) electrons. The van der Waals surface area contributed by atoms with E-state index < -0.39 is 5.54 Å². The van der Waals surface area contributed by atoms with Gasteiger partial charge in [0.15, 0.2) is 0 Å². The molecule has 0 aliphatic rings. The molecule has 0 saturated heterocycles. The molecule has 0 fully saturated rings. The first kappa shape index (κ1) is 12.1. The molecule has 2 N–H and O–H groups in total. The Hall–Kier alpha value is -0.930. The van der Waals surface area contributed by atoms with Gasteiger partial charge < -0.3 is 10.4 Å². The van der Waals surface area contributed by atoms with Crippen molar-refractivity contribution in [1.29, 1.82) is 0 Å². The normalized spacial score (nSPS) is 14.9. The average molecular weight is 211 g/mol. The molecule has 3 heteroatoms. The number of rotatable bonds is 5. The SMILES string of the molecule is CCNC(CC)(CO)c1cccc(F)c1. The van der Waals surface area contributed by atoms with E-state index >= 15 is 0 Å². The number of aliphatic hydroxyl groups excluding tert-OH is 1. The number of hydrogen-bond acceptors (Lipinski definition) is 2. The fraction of sp³-hybridized carbons (Fsp3) is 0.500. The van der Waals surface area contributed by atoms with Crippen molar-refractivity contribution < 1.29 is 9.50 Å². The van der Waals surface area contributed by atoms with E-state index in [-0.39, 0.29) is 12.4 Å². The van der Waals surface area contributed by atoms with E-state index in [9.17, 15) is 9.50 Å². The van der Waals surface area contributed by atoms with Crippen LogP contribution in [0.4, 0.5) is 4.39 Å². The van der Waals surface area contributed by atoms with E-state index in [0.717, 1.165) is 18.5 Å². The highest BCUT2D eigenvalue weighted by Crippen LogP contribution is 2.24. The largest absolute Gasteiger partial charge is 0.394 e. The number of halogens is 1. The van der Waals surface area contributed by atoms with E-state index in [1.807, 2.05) is 19.9 Å². The second kappa shape index (κ2) is 5.24. The smallest absolute Gasteiger partial charge is 0.123 e. The second-order valence-electron chi connectivity index (χ2n) is 3.63. The lowest BCUT2D eigenvalue weighted by Crippen LogP contribution is -2.45. The average Bonchev–Trinajstić information content (AvgIpc) is 2.26. The molecular formula is C12H18FNO. The van der Waals surface area contributed by atoms with Crippen molar-refractivity contribution >= 4 is 0 Å². The van der Waals surface area contributed by atoms with Crippen LogP contribution in [0.15, 0.2) is 24.3 Å². The zero-order valence-electron chi connectivity index (χ0n) is 9.26. The number of hydrogen-bond donors (Lipinski definition) is 2. The minimum atomic E-state index is -0.517. The summed E-state index contributed by atoms with van der Waals surface area (Å²) < 4.78 is 13.1. The van der Waals surface area contributed by atoms with Crippen molar-refractivity contribution in [2.45, 2.75) is 25.8 Å². The lowest BCUT2D eigenvalue weighted by molar-refractivity contribution is 0.157. The van der Waals surface area contributed by atoms with Crippen LogP contribution < -0.4 is 5.32 Å². The number of benzene rings is 1. The third kappa shape index (κ3) is 2.55. The summed E-state index contributed by atoms with van der Waals surface area (Å²) >= 11 is 0. The van der Waals surface area contributed by atoms with Crippen LogP contribution in [-0.2, 0) is 5.54 Å². The molecular weight excluding hydrogens is 193 g/mol. The van der Waals surface area contributed by atoms with Crippen LogP contribution in [-0.4, -0.2) is 18.3 Å². The highest BCUT2D eigenvalue weighted by molar-refractivity contribution is 5.25. The van der Waals surface area contributed by atoms with Gasteiger partial charge in [-0.3, -0.25) is 0 Å². The predicted molar refractivity (Wildman–Crippen MR) is 59.1 cm³/mol. The number of likely N-dealkylation sites (N-methyl/N-ethyl adjacent to an activating group) is 1. The monoisotopic (exact) mass is 211 g/mol. The maximum atomic E-state index is 13.1. The van der Waals surface area contributed by atoms with Gasteiger partial charge in [0.25, 0.3) is 0 Å². The fourth-order valence-corrected chi connectivity index (χ4v) is 1.81. The third-order valence-corrected chi connectivity index (χ3v) is 2.77. The zero-order valence-corrected chi connectivity index (χ0v) is 9.26. The van der Waals surface area contributed by atoms with Crippen LogP contribution in [0.3, 0.4) is 0 Å². The molecule has 0 bridgehead atoms. The molecule has 0 aliphatic carbocycles. The Bertz CT molecular complexity index is 310. The van der Waals surface area contributed by atoms with Gasteiger partial charge in [-0.1, -0.05) is 26.0 Å². The number of aliphatic hydroxyl groups is 1. The summed E-state index contributed by atoms with van der Waals surface area (Å²) in [5.41, 5.74) is 0.283. The Kier molecular flexibility index (Phi) is 4.24. The van der Waals surface area contributed by atoms with Gasteiger partial charge in [-0.05, 0) is 30.7 Å². The molecule has 0 heterocycles. The topological polar surface area (TPSA) is 32.3 Å². The van der Waals surface area contributed by atoms with Crippen LogP contribution >= 0.6 is 0 Å². The van der Waals surface area contributed by atoms with Crippen molar-refractivity contribution in [3.05, 3.63) is 35.6 Å². The lowest BCUT2D eigenvalue weighted by atomic mass is 9.88. The van der Waals surface area contributed by atoms with E-state index in [1.54, 1.807) is 6.07 Å². The van der Waals surface area contributed by atoms with E-state index in [0.29, 0.717) is 0 Å². The number of nitrogens with one attached hydrogen (secondary N) is 1. The van der Waals surface area contributed by atoms with E-state index in [2.05, 4.69) is 5.32 Å². The van der Waals surface area contributed by atoms with Gasteiger partial charge in [0.05, 0.1) is 12.1 Å². The maximum Gasteiger partial charge on any atom is 0.123 e. The maximum absolute atomic E-state index is 13.1. The molecule has 2 nitrogen and oxygen atoms in total.